The molecule has 1 N–H and O–H groups in total. The van der Waals surface area contributed by atoms with Crippen molar-refractivity contribution >= 4 is 17.8 Å². The molecule has 0 bridgehead atoms. The van der Waals surface area contributed by atoms with Crippen LogP contribution in [0.3, 0.4) is 0 Å². The van der Waals surface area contributed by atoms with Gasteiger partial charge in [0.15, 0.2) is 0 Å². The van der Waals surface area contributed by atoms with Crippen molar-refractivity contribution in [1.82, 2.24) is 0 Å². The highest BCUT2D eigenvalue weighted by Crippen LogP contribution is 2.35. The van der Waals surface area contributed by atoms with Gasteiger partial charge in [-0.3, -0.25) is 4.79 Å². The standard InChI is InChI=1S/C13H20N2O/c1-8-9(2)12(14-7-16)11(4)13(10(8)3)15(5)6/h7H,1-6H3,(H,14,16). The summed E-state index contributed by atoms with van der Waals surface area (Å²) in [7, 11) is 4.05. The van der Waals surface area contributed by atoms with Gasteiger partial charge in [0, 0.05) is 25.5 Å². The zero-order chi connectivity index (χ0) is 12.5. The van der Waals surface area contributed by atoms with E-state index in [0.717, 1.165) is 23.2 Å². The quantitative estimate of drug-likeness (QED) is 0.794. The summed E-state index contributed by atoms with van der Waals surface area (Å²) in [5, 5.41) is 2.80. The van der Waals surface area contributed by atoms with E-state index in [9.17, 15) is 4.79 Å². The van der Waals surface area contributed by atoms with Crippen molar-refractivity contribution in [3.8, 4) is 0 Å². The van der Waals surface area contributed by atoms with Crippen molar-refractivity contribution in [3.63, 3.8) is 0 Å². The summed E-state index contributed by atoms with van der Waals surface area (Å²) >= 11 is 0. The number of benzene rings is 1. The van der Waals surface area contributed by atoms with Gasteiger partial charge in [0.05, 0.1) is 0 Å². The van der Waals surface area contributed by atoms with Crippen LogP contribution in [0.2, 0.25) is 0 Å². The predicted octanol–water partition coefficient (Wildman–Crippen LogP) is 2.55. The van der Waals surface area contributed by atoms with Gasteiger partial charge in [-0.15, -0.1) is 0 Å². The van der Waals surface area contributed by atoms with Crippen molar-refractivity contribution in [2.75, 3.05) is 24.3 Å². The van der Waals surface area contributed by atoms with Gasteiger partial charge in [-0.25, -0.2) is 0 Å². The highest BCUT2D eigenvalue weighted by atomic mass is 16.1. The summed E-state index contributed by atoms with van der Waals surface area (Å²) in [4.78, 5) is 12.7. The Kier molecular flexibility index (Phi) is 3.58. The molecule has 1 amide bonds. The molecule has 0 fully saturated rings. The first-order valence-electron chi connectivity index (χ1n) is 5.39. The van der Waals surface area contributed by atoms with E-state index in [1.165, 1.54) is 16.8 Å². The van der Waals surface area contributed by atoms with Crippen LogP contribution in [0.25, 0.3) is 0 Å². The summed E-state index contributed by atoms with van der Waals surface area (Å²) in [5.74, 6) is 0. The number of amides is 1. The topological polar surface area (TPSA) is 32.3 Å². The SMILES string of the molecule is Cc1c(C)c(NC=O)c(C)c(N(C)C)c1C. The summed E-state index contributed by atoms with van der Waals surface area (Å²) < 4.78 is 0. The monoisotopic (exact) mass is 220 g/mol. The maximum Gasteiger partial charge on any atom is 0.211 e. The average Bonchev–Trinajstić information content (AvgIpc) is 2.21. The Morgan fingerprint density at radius 3 is 1.94 bits per heavy atom. The molecule has 16 heavy (non-hydrogen) atoms. The smallest absolute Gasteiger partial charge is 0.211 e. The molecule has 1 aromatic carbocycles. The van der Waals surface area contributed by atoms with E-state index in [0.29, 0.717) is 0 Å². The summed E-state index contributed by atoms with van der Waals surface area (Å²) in [6.45, 7) is 8.30. The molecule has 1 rings (SSSR count). The van der Waals surface area contributed by atoms with Crippen LogP contribution in [0.4, 0.5) is 11.4 Å². The molecule has 0 spiro atoms. The molecule has 0 aliphatic carbocycles. The minimum Gasteiger partial charge on any atom is -0.377 e. The molecule has 3 heteroatoms. The van der Waals surface area contributed by atoms with Crippen LogP contribution in [-0.2, 0) is 4.79 Å². The lowest BCUT2D eigenvalue weighted by Crippen LogP contribution is -2.15. The highest BCUT2D eigenvalue weighted by molar-refractivity contribution is 5.82. The molecule has 0 saturated heterocycles. The number of nitrogens with one attached hydrogen (secondary N) is 1. The second-order valence-electron chi connectivity index (χ2n) is 4.38. The molecule has 0 aromatic heterocycles. The zero-order valence-electron chi connectivity index (χ0n) is 10.9. The molecule has 0 unspecified atom stereocenters. The fraction of sp³-hybridized carbons (Fsp3) is 0.462. The first-order valence-corrected chi connectivity index (χ1v) is 5.39. The van der Waals surface area contributed by atoms with Crippen LogP contribution in [0.15, 0.2) is 0 Å². The van der Waals surface area contributed by atoms with Crippen molar-refractivity contribution in [2.45, 2.75) is 27.7 Å². The van der Waals surface area contributed by atoms with E-state index < -0.39 is 0 Å². The number of nitrogens with zero attached hydrogens (tertiary/aromatic N) is 1. The van der Waals surface area contributed by atoms with Crippen molar-refractivity contribution < 1.29 is 4.79 Å². The van der Waals surface area contributed by atoms with Crippen LogP contribution in [-0.4, -0.2) is 20.5 Å². The third-order valence-electron chi connectivity index (χ3n) is 3.24. The number of rotatable bonds is 3. The average molecular weight is 220 g/mol. The van der Waals surface area contributed by atoms with Crippen LogP contribution < -0.4 is 10.2 Å². The van der Waals surface area contributed by atoms with Gasteiger partial charge >= 0.3 is 0 Å². The fourth-order valence-corrected chi connectivity index (χ4v) is 2.27. The Balaban J connectivity index is 3.58. The van der Waals surface area contributed by atoms with Gasteiger partial charge in [-0.1, -0.05) is 0 Å². The van der Waals surface area contributed by atoms with E-state index in [2.05, 4.69) is 24.1 Å². The van der Waals surface area contributed by atoms with E-state index in [-0.39, 0.29) is 0 Å². The molecule has 3 nitrogen and oxygen atoms in total. The second-order valence-corrected chi connectivity index (χ2v) is 4.38. The van der Waals surface area contributed by atoms with Crippen molar-refractivity contribution in [1.29, 1.82) is 0 Å². The Morgan fingerprint density at radius 1 is 0.938 bits per heavy atom. The van der Waals surface area contributed by atoms with Gasteiger partial charge < -0.3 is 10.2 Å². The van der Waals surface area contributed by atoms with E-state index in [1.54, 1.807) is 0 Å². The van der Waals surface area contributed by atoms with Gasteiger partial charge in [-0.05, 0) is 49.9 Å². The number of hydrogen-bond donors (Lipinski definition) is 1. The molecular weight excluding hydrogens is 200 g/mol. The third kappa shape index (κ3) is 1.90. The van der Waals surface area contributed by atoms with Gasteiger partial charge in [0.1, 0.15) is 0 Å². The van der Waals surface area contributed by atoms with Crippen molar-refractivity contribution in [3.05, 3.63) is 22.3 Å². The number of anilines is 2. The Hall–Kier alpha value is -1.51. The van der Waals surface area contributed by atoms with Crippen LogP contribution >= 0.6 is 0 Å². The first-order chi connectivity index (χ1) is 7.41. The maximum absolute atomic E-state index is 10.6. The van der Waals surface area contributed by atoms with E-state index in [1.807, 2.05) is 27.9 Å². The third-order valence-corrected chi connectivity index (χ3v) is 3.24. The largest absolute Gasteiger partial charge is 0.377 e. The van der Waals surface area contributed by atoms with E-state index in [4.69, 9.17) is 0 Å². The minimum absolute atomic E-state index is 0.740. The Morgan fingerprint density at radius 2 is 1.50 bits per heavy atom. The van der Waals surface area contributed by atoms with Gasteiger partial charge in [0.2, 0.25) is 6.41 Å². The first kappa shape index (κ1) is 12.6. The molecule has 0 aliphatic rings. The summed E-state index contributed by atoms with van der Waals surface area (Å²) in [6, 6.07) is 0. The van der Waals surface area contributed by atoms with Crippen molar-refractivity contribution in [2.24, 2.45) is 0 Å². The minimum atomic E-state index is 0.740. The molecule has 0 saturated carbocycles. The zero-order valence-corrected chi connectivity index (χ0v) is 10.9. The molecule has 0 aliphatic heterocycles. The Labute approximate surface area is 97.5 Å². The molecule has 1 aromatic rings. The van der Waals surface area contributed by atoms with Gasteiger partial charge in [0.25, 0.3) is 0 Å². The number of carbonyl (C=O) groups excluding carboxylic acids is 1. The second kappa shape index (κ2) is 4.56. The predicted molar refractivity (Wildman–Crippen MR) is 69.4 cm³/mol. The lowest BCUT2D eigenvalue weighted by molar-refractivity contribution is -0.105. The van der Waals surface area contributed by atoms with Crippen LogP contribution in [0.1, 0.15) is 22.3 Å². The molecular formula is C13H20N2O. The molecule has 0 radical (unpaired) electrons. The lowest BCUT2D eigenvalue weighted by atomic mass is 9.95. The molecule has 88 valence electrons. The number of hydrogen-bond acceptors (Lipinski definition) is 2. The highest BCUT2D eigenvalue weighted by Gasteiger charge is 2.15. The normalized spacial score (nSPS) is 10.1. The molecule has 0 atom stereocenters. The molecule has 0 heterocycles. The van der Waals surface area contributed by atoms with Crippen LogP contribution in [0, 0.1) is 27.7 Å². The maximum atomic E-state index is 10.6. The lowest BCUT2D eigenvalue weighted by Gasteiger charge is -2.24. The van der Waals surface area contributed by atoms with Crippen LogP contribution in [0.5, 0.6) is 0 Å². The number of carbonyl (C=O) groups is 1. The fourth-order valence-electron chi connectivity index (χ4n) is 2.27. The Bertz CT molecular complexity index is 423. The van der Waals surface area contributed by atoms with Gasteiger partial charge in [-0.2, -0.15) is 0 Å². The van der Waals surface area contributed by atoms with E-state index >= 15 is 0 Å². The summed E-state index contributed by atoms with van der Waals surface area (Å²) in [5.41, 5.74) is 6.90. The summed E-state index contributed by atoms with van der Waals surface area (Å²) in [6.07, 6.45) is 0.740.